The highest BCUT2D eigenvalue weighted by Gasteiger charge is 2.16. The Balaban J connectivity index is 0.000000158. The highest BCUT2D eigenvalue weighted by molar-refractivity contribution is 5.99. The smallest absolute Gasteiger partial charge is 0.245 e. The van der Waals surface area contributed by atoms with Crippen molar-refractivity contribution in [2.75, 3.05) is 50.6 Å². The number of carbonyl (C=O) groups excluding carboxylic acids is 1. The lowest BCUT2D eigenvalue weighted by Crippen LogP contribution is -2.43. The van der Waals surface area contributed by atoms with Crippen molar-refractivity contribution < 1.29 is 13.9 Å². The van der Waals surface area contributed by atoms with Crippen molar-refractivity contribution in [3.63, 3.8) is 0 Å². The lowest BCUT2D eigenvalue weighted by Gasteiger charge is -2.30. The summed E-state index contributed by atoms with van der Waals surface area (Å²) < 4.78 is 10.5. The number of hydrogen-bond acceptors (Lipinski definition) is 10. The number of pyridine rings is 1. The number of carbonyl (C=O) groups is 1. The van der Waals surface area contributed by atoms with Crippen molar-refractivity contribution in [2.45, 2.75) is 6.92 Å². The summed E-state index contributed by atoms with van der Waals surface area (Å²) in [4.78, 5) is 30.3. The van der Waals surface area contributed by atoms with Gasteiger partial charge in [-0.05, 0) is 12.1 Å². The number of piperazine rings is 1. The Bertz CT molecular complexity index is 1240. The minimum atomic E-state index is 0.476. The molecule has 1 aliphatic heterocycles. The highest BCUT2D eigenvalue weighted by Crippen LogP contribution is 2.27. The molecule has 10 heteroatoms. The summed E-state index contributed by atoms with van der Waals surface area (Å²) in [5.41, 5.74) is 4.48. The second-order valence-electron chi connectivity index (χ2n) is 7.13. The summed E-state index contributed by atoms with van der Waals surface area (Å²) in [6.45, 7) is 5.63. The number of oxazole rings is 1. The van der Waals surface area contributed by atoms with Gasteiger partial charge in [0.2, 0.25) is 5.88 Å². The van der Waals surface area contributed by atoms with Gasteiger partial charge in [0.15, 0.2) is 23.3 Å². The number of benzene rings is 1. The van der Waals surface area contributed by atoms with Gasteiger partial charge in [-0.25, -0.2) is 4.98 Å². The fourth-order valence-corrected chi connectivity index (χ4v) is 3.60. The summed E-state index contributed by atoms with van der Waals surface area (Å²) in [5, 5.41) is 6.25. The van der Waals surface area contributed by atoms with E-state index >= 15 is 0 Å². The maximum atomic E-state index is 11.0. The van der Waals surface area contributed by atoms with Crippen molar-refractivity contribution in [2.24, 2.45) is 0 Å². The van der Waals surface area contributed by atoms with Gasteiger partial charge in [-0.15, -0.1) is 0 Å². The van der Waals surface area contributed by atoms with Crippen LogP contribution in [0.1, 0.15) is 16.2 Å². The summed E-state index contributed by atoms with van der Waals surface area (Å²) in [6.07, 6.45) is 4.12. The Hall–Kier alpha value is -3.79. The third-order valence-electron chi connectivity index (χ3n) is 5.12. The summed E-state index contributed by atoms with van der Waals surface area (Å²) in [5.74, 6) is 1.78. The maximum Gasteiger partial charge on any atom is 0.245 e. The normalized spacial score (nSPS) is 13.5. The fourth-order valence-electron chi connectivity index (χ4n) is 3.60. The molecule has 0 atom stereocenters. The number of anilines is 2. The van der Waals surface area contributed by atoms with E-state index in [1.165, 1.54) is 0 Å². The van der Waals surface area contributed by atoms with Gasteiger partial charge in [0, 0.05) is 64.2 Å². The van der Waals surface area contributed by atoms with Gasteiger partial charge in [-0.3, -0.25) is 14.8 Å². The van der Waals surface area contributed by atoms with Crippen molar-refractivity contribution in [1.82, 2.24) is 25.3 Å². The van der Waals surface area contributed by atoms with Gasteiger partial charge in [0.05, 0.1) is 12.8 Å². The van der Waals surface area contributed by atoms with E-state index in [0.29, 0.717) is 39.8 Å². The van der Waals surface area contributed by atoms with Crippen LogP contribution in [0.2, 0.25) is 0 Å². The molecule has 4 heterocycles. The average molecular weight is 435 g/mol. The minimum absolute atomic E-state index is 0.476. The Labute approximate surface area is 185 Å². The molecule has 5 rings (SSSR count). The van der Waals surface area contributed by atoms with Gasteiger partial charge in [0.25, 0.3) is 0 Å². The highest BCUT2D eigenvalue weighted by atomic mass is 16.5. The first-order valence-electron chi connectivity index (χ1n) is 10.3. The topological polar surface area (TPSA) is 118 Å². The molecule has 0 radical (unpaired) electrons. The third-order valence-corrected chi connectivity index (χ3v) is 5.12. The monoisotopic (exact) mass is 435 g/mol. The number of aromatic nitrogens is 4. The van der Waals surface area contributed by atoms with Crippen molar-refractivity contribution in [3.05, 3.63) is 42.0 Å². The lowest BCUT2D eigenvalue weighted by molar-refractivity contribution is 0.112. The van der Waals surface area contributed by atoms with E-state index < -0.39 is 0 Å². The predicted molar refractivity (Wildman–Crippen MR) is 123 cm³/mol. The van der Waals surface area contributed by atoms with E-state index in [-0.39, 0.29) is 0 Å². The van der Waals surface area contributed by atoms with Gasteiger partial charge >= 0.3 is 0 Å². The van der Waals surface area contributed by atoms with Crippen LogP contribution < -0.4 is 20.3 Å². The number of nitrogens with zero attached hydrogens (tertiary/aromatic N) is 5. The zero-order valence-electron chi connectivity index (χ0n) is 18.3. The number of aldehydes is 1. The van der Waals surface area contributed by atoms with Crippen molar-refractivity contribution >= 4 is 39.9 Å². The Morgan fingerprint density at radius 2 is 1.88 bits per heavy atom. The van der Waals surface area contributed by atoms with Gasteiger partial charge in [-0.1, -0.05) is 0 Å². The molecule has 2 N–H and O–H groups in total. The molecule has 1 aliphatic rings. The van der Waals surface area contributed by atoms with E-state index in [4.69, 9.17) is 9.15 Å². The van der Waals surface area contributed by atoms with E-state index in [0.717, 1.165) is 43.7 Å². The molecule has 1 fully saturated rings. The molecule has 1 saturated heterocycles. The summed E-state index contributed by atoms with van der Waals surface area (Å²) in [6, 6.07) is 5.57. The molecule has 10 nitrogen and oxygen atoms in total. The Morgan fingerprint density at radius 3 is 2.56 bits per heavy atom. The molecule has 166 valence electrons. The molecule has 4 aromatic rings. The van der Waals surface area contributed by atoms with Gasteiger partial charge in [-0.2, -0.15) is 4.98 Å². The number of nitrogens with one attached hydrogen (secondary N) is 2. The van der Waals surface area contributed by atoms with Crippen molar-refractivity contribution in [1.29, 1.82) is 0 Å². The summed E-state index contributed by atoms with van der Waals surface area (Å²) in [7, 11) is 3.35. The molecule has 0 saturated carbocycles. The van der Waals surface area contributed by atoms with Crippen LogP contribution in [0.15, 0.2) is 35.0 Å². The van der Waals surface area contributed by atoms with E-state index in [2.05, 4.69) is 35.5 Å². The second-order valence-corrected chi connectivity index (χ2v) is 7.13. The maximum absolute atomic E-state index is 11.0. The molecule has 0 unspecified atom stereocenters. The van der Waals surface area contributed by atoms with Crippen LogP contribution in [-0.2, 0) is 0 Å². The zero-order valence-corrected chi connectivity index (χ0v) is 18.3. The summed E-state index contributed by atoms with van der Waals surface area (Å²) >= 11 is 0. The van der Waals surface area contributed by atoms with Crippen LogP contribution in [0.5, 0.6) is 5.88 Å². The standard InChI is InChI=1S/C13H14N4O.C9H11N3O2/c18-9-10-1-2-11(17-7-5-14-6-8-17)13-12(10)15-3-4-16-13;1-5-11-8-6(14-5)4-7(10-2)12-9(8)13-3/h1-4,9,14H,5-8H2;4H,1-3H3,(H,10,12). The molecule has 0 amide bonds. The van der Waals surface area contributed by atoms with Crippen LogP contribution in [0.4, 0.5) is 11.5 Å². The largest absolute Gasteiger partial charge is 0.479 e. The quantitative estimate of drug-likeness (QED) is 0.463. The van der Waals surface area contributed by atoms with Gasteiger partial charge < -0.3 is 24.7 Å². The van der Waals surface area contributed by atoms with Crippen LogP contribution in [0.25, 0.3) is 22.1 Å². The molecule has 0 aliphatic carbocycles. The molecule has 1 aromatic carbocycles. The number of ether oxygens (including phenoxy) is 1. The average Bonchev–Trinajstić information content (AvgIpc) is 3.23. The minimum Gasteiger partial charge on any atom is -0.479 e. The fraction of sp³-hybridized carbons (Fsp3) is 0.318. The van der Waals surface area contributed by atoms with E-state index in [1.54, 1.807) is 39.5 Å². The Kier molecular flexibility index (Phi) is 6.41. The molecule has 32 heavy (non-hydrogen) atoms. The predicted octanol–water partition coefficient (Wildman–Crippen LogP) is 2.43. The molecule has 0 bridgehead atoms. The molecule has 0 spiro atoms. The van der Waals surface area contributed by atoms with Crippen LogP contribution in [-0.4, -0.2) is 66.6 Å². The third kappa shape index (κ3) is 4.30. The molecule has 3 aromatic heterocycles. The first kappa shape index (κ1) is 21.4. The Morgan fingerprint density at radius 1 is 1.12 bits per heavy atom. The van der Waals surface area contributed by atoms with Gasteiger partial charge in [0.1, 0.15) is 16.9 Å². The SMILES string of the molecule is CNc1cc2oc(C)nc2c(OC)n1.O=Cc1ccc(N2CCNCC2)c2nccnc12. The van der Waals surface area contributed by atoms with E-state index in [9.17, 15) is 4.79 Å². The zero-order chi connectivity index (χ0) is 22.5. The van der Waals surface area contributed by atoms with E-state index in [1.807, 2.05) is 12.1 Å². The number of fused-ring (bicyclic) bond motifs is 2. The van der Waals surface area contributed by atoms with Crippen molar-refractivity contribution in [3.8, 4) is 5.88 Å². The second kappa shape index (κ2) is 9.56. The first-order chi connectivity index (χ1) is 15.6. The lowest BCUT2D eigenvalue weighted by atomic mass is 10.1. The van der Waals surface area contributed by atoms with Crippen LogP contribution in [0.3, 0.4) is 0 Å². The number of aryl methyl sites for hydroxylation is 1. The molecular formula is C22H25N7O3. The first-order valence-corrected chi connectivity index (χ1v) is 10.3. The van der Waals surface area contributed by atoms with Crippen LogP contribution >= 0.6 is 0 Å². The van der Waals surface area contributed by atoms with Crippen LogP contribution in [0, 0.1) is 6.92 Å². The number of rotatable bonds is 4. The molecular weight excluding hydrogens is 410 g/mol. The number of hydrogen-bond donors (Lipinski definition) is 2. The number of methoxy groups -OCH3 is 1.